The van der Waals surface area contributed by atoms with Crippen LogP contribution in [0, 0.1) is 11.7 Å². The van der Waals surface area contributed by atoms with Gasteiger partial charge in [-0.2, -0.15) is 0 Å². The third-order valence-electron chi connectivity index (χ3n) is 4.15. The lowest BCUT2D eigenvalue weighted by Crippen LogP contribution is -2.48. The molecule has 146 valence electrons. The number of carbonyl (C=O) groups excluding carboxylic acids is 1. The van der Waals surface area contributed by atoms with Crippen molar-refractivity contribution in [1.82, 2.24) is 10.6 Å². The van der Waals surface area contributed by atoms with E-state index in [1.54, 1.807) is 24.3 Å². The van der Waals surface area contributed by atoms with E-state index >= 15 is 0 Å². The molecule has 0 saturated carbocycles. The van der Waals surface area contributed by atoms with Gasteiger partial charge in [-0.05, 0) is 42.0 Å². The quantitative estimate of drug-likeness (QED) is 0.647. The predicted molar refractivity (Wildman–Crippen MR) is 104 cm³/mol. The number of carbonyl (C=O) groups is 1. The maximum absolute atomic E-state index is 12.9. The molecule has 0 bridgehead atoms. The van der Waals surface area contributed by atoms with Crippen molar-refractivity contribution in [3.63, 3.8) is 0 Å². The Labute approximate surface area is 164 Å². The van der Waals surface area contributed by atoms with E-state index in [1.165, 1.54) is 12.1 Å². The number of rotatable bonds is 7. The van der Waals surface area contributed by atoms with Crippen molar-refractivity contribution in [2.24, 2.45) is 5.92 Å². The highest BCUT2D eigenvalue weighted by Gasteiger charge is 2.17. The van der Waals surface area contributed by atoms with Crippen LogP contribution in [0.15, 0.2) is 53.4 Å². The van der Waals surface area contributed by atoms with Crippen LogP contribution >= 0.6 is 12.4 Å². The van der Waals surface area contributed by atoms with Crippen molar-refractivity contribution in [2.45, 2.75) is 11.3 Å². The van der Waals surface area contributed by atoms with Crippen molar-refractivity contribution in [3.05, 3.63) is 59.9 Å². The zero-order valence-electron chi connectivity index (χ0n) is 14.4. The molecule has 9 heteroatoms. The van der Waals surface area contributed by atoms with Gasteiger partial charge in [0, 0.05) is 31.2 Å². The minimum atomic E-state index is -3.78. The van der Waals surface area contributed by atoms with Gasteiger partial charge in [-0.15, -0.1) is 12.4 Å². The van der Waals surface area contributed by atoms with Crippen molar-refractivity contribution >= 4 is 34.0 Å². The summed E-state index contributed by atoms with van der Waals surface area (Å²) in [5, 5.41) is 6.04. The van der Waals surface area contributed by atoms with Gasteiger partial charge in [0.05, 0.1) is 11.3 Å². The Bertz CT molecular complexity index is 870. The van der Waals surface area contributed by atoms with E-state index in [4.69, 9.17) is 0 Å². The third kappa shape index (κ3) is 5.92. The molecule has 3 N–H and O–H groups in total. The molecule has 6 nitrogen and oxygen atoms in total. The van der Waals surface area contributed by atoms with Gasteiger partial charge in [-0.25, -0.2) is 12.8 Å². The molecule has 0 aromatic heterocycles. The number of anilines is 1. The standard InChI is InChI=1S/C18H20FN3O3S.ClH/c19-15-3-7-17(8-4-15)26(24,25)22-16-5-1-13(2-6-16)9-18(23)21-12-14-10-20-11-14;/h1-8,14,20,22H,9-12H2,(H,21,23);1H. The van der Waals surface area contributed by atoms with E-state index < -0.39 is 15.8 Å². The number of nitrogens with one attached hydrogen (secondary N) is 3. The zero-order valence-corrected chi connectivity index (χ0v) is 16.1. The number of hydrogen-bond donors (Lipinski definition) is 3. The Morgan fingerprint density at radius 3 is 2.26 bits per heavy atom. The van der Waals surface area contributed by atoms with Crippen LogP contribution in [0.2, 0.25) is 0 Å². The average Bonchev–Trinajstić information content (AvgIpc) is 2.55. The van der Waals surface area contributed by atoms with Gasteiger partial charge >= 0.3 is 0 Å². The number of amides is 1. The maximum atomic E-state index is 12.9. The third-order valence-corrected chi connectivity index (χ3v) is 5.55. The first-order valence-electron chi connectivity index (χ1n) is 8.27. The summed E-state index contributed by atoms with van der Waals surface area (Å²) in [6.07, 6.45) is 0.241. The van der Waals surface area contributed by atoms with Crippen LogP contribution in [-0.4, -0.2) is 34.0 Å². The second kappa shape index (κ2) is 9.16. The molecular weight excluding hydrogens is 393 g/mol. The number of halogens is 2. The molecule has 1 aliphatic heterocycles. The van der Waals surface area contributed by atoms with Crippen molar-refractivity contribution in [1.29, 1.82) is 0 Å². The molecule has 1 fully saturated rings. The summed E-state index contributed by atoms with van der Waals surface area (Å²) in [5.41, 5.74) is 1.16. The maximum Gasteiger partial charge on any atom is 0.261 e. The Morgan fingerprint density at radius 2 is 1.70 bits per heavy atom. The van der Waals surface area contributed by atoms with E-state index in [0.717, 1.165) is 30.8 Å². The minimum absolute atomic E-state index is 0. The molecule has 1 aliphatic rings. The SMILES string of the molecule is Cl.O=C(Cc1ccc(NS(=O)(=O)c2ccc(F)cc2)cc1)NCC1CNC1. The molecule has 0 unspecified atom stereocenters. The van der Waals surface area contributed by atoms with Crippen LogP contribution < -0.4 is 15.4 Å². The summed E-state index contributed by atoms with van der Waals surface area (Å²) >= 11 is 0. The number of hydrogen-bond acceptors (Lipinski definition) is 4. The van der Waals surface area contributed by atoms with Crippen LogP contribution in [0.4, 0.5) is 10.1 Å². The van der Waals surface area contributed by atoms with Gasteiger partial charge in [0.25, 0.3) is 10.0 Å². The van der Waals surface area contributed by atoms with E-state index in [1.807, 2.05) is 0 Å². The summed E-state index contributed by atoms with van der Waals surface area (Å²) in [4.78, 5) is 11.9. The summed E-state index contributed by atoms with van der Waals surface area (Å²) in [5.74, 6) is -0.0566. The zero-order chi connectivity index (χ0) is 18.6. The summed E-state index contributed by atoms with van der Waals surface area (Å²) < 4.78 is 39.9. The molecule has 2 aromatic carbocycles. The smallest absolute Gasteiger partial charge is 0.261 e. The second-order valence-electron chi connectivity index (χ2n) is 6.26. The lowest BCUT2D eigenvalue weighted by Gasteiger charge is -2.27. The number of sulfonamides is 1. The topological polar surface area (TPSA) is 87.3 Å². The highest BCUT2D eigenvalue weighted by atomic mass is 35.5. The van der Waals surface area contributed by atoms with E-state index in [2.05, 4.69) is 15.4 Å². The fraction of sp³-hybridized carbons (Fsp3) is 0.278. The molecule has 1 saturated heterocycles. The Hall–Kier alpha value is -2.16. The van der Waals surface area contributed by atoms with Gasteiger partial charge in [0.2, 0.25) is 5.91 Å². The molecule has 27 heavy (non-hydrogen) atoms. The van der Waals surface area contributed by atoms with Crippen LogP contribution in [0.3, 0.4) is 0 Å². The van der Waals surface area contributed by atoms with Crippen molar-refractivity contribution in [3.8, 4) is 0 Å². The molecule has 0 aliphatic carbocycles. The average molecular weight is 414 g/mol. The van der Waals surface area contributed by atoms with Crippen LogP contribution in [0.5, 0.6) is 0 Å². The molecular formula is C18H21ClFN3O3S. The summed E-state index contributed by atoms with van der Waals surface area (Å²) in [6, 6.07) is 11.2. The minimum Gasteiger partial charge on any atom is -0.355 e. The Balaban J connectivity index is 0.00000261. The molecule has 1 amide bonds. The molecule has 3 rings (SSSR count). The van der Waals surface area contributed by atoms with E-state index in [0.29, 0.717) is 18.2 Å². The fourth-order valence-electron chi connectivity index (χ4n) is 2.52. The normalized spacial score (nSPS) is 14.0. The first-order chi connectivity index (χ1) is 12.4. The van der Waals surface area contributed by atoms with Gasteiger partial charge in [-0.1, -0.05) is 12.1 Å². The number of benzene rings is 2. The van der Waals surface area contributed by atoms with Crippen molar-refractivity contribution in [2.75, 3.05) is 24.4 Å². The van der Waals surface area contributed by atoms with Gasteiger partial charge in [0.1, 0.15) is 5.82 Å². The second-order valence-corrected chi connectivity index (χ2v) is 7.94. The van der Waals surface area contributed by atoms with Crippen molar-refractivity contribution < 1.29 is 17.6 Å². The van der Waals surface area contributed by atoms with Gasteiger partial charge < -0.3 is 10.6 Å². The fourth-order valence-corrected chi connectivity index (χ4v) is 3.58. The van der Waals surface area contributed by atoms with Crippen LogP contribution in [-0.2, 0) is 21.2 Å². The van der Waals surface area contributed by atoms with Crippen LogP contribution in [0.1, 0.15) is 5.56 Å². The molecule has 0 atom stereocenters. The highest BCUT2D eigenvalue weighted by Crippen LogP contribution is 2.17. The van der Waals surface area contributed by atoms with E-state index in [-0.39, 0.29) is 29.6 Å². The first-order valence-corrected chi connectivity index (χ1v) is 9.75. The highest BCUT2D eigenvalue weighted by molar-refractivity contribution is 7.92. The van der Waals surface area contributed by atoms with Crippen LogP contribution in [0.25, 0.3) is 0 Å². The Kier molecular flexibility index (Phi) is 7.18. The summed E-state index contributed by atoms with van der Waals surface area (Å²) in [6.45, 7) is 2.54. The Morgan fingerprint density at radius 1 is 1.07 bits per heavy atom. The summed E-state index contributed by atoms with van der Waals surface area (Å²) in [7, 11) is -3.78. The van der Waals surface area contributed by atoms with Gasteiger partial charge in [-0.3, -0.25) is 9.52 Å². The molecule has 0 radical (unpaired) electrons. The lowest BCUT2D eigenvalue weighted by molar-refractivity contribution is -0.120. The predicted octanol–water partition coefficient (Wildman–Crippen LogP) is 1.93. The largest absolute Gasteiger partial charge is 0.355 e. The molecule has 0 spiro atoms. The van der Waals surface area contributed by atoms with Gasteiger partial charge in [0.15, 0.2) is 0 Å². The molecule has 1 heterocycles. The van der Waals surface area contributed by atoms with E-state index in [9.17, 15) is 17.6 Å². The monoisotopic (exact) mass is 413 g/mol. The molecule has 2 aromatic rings. The first kappa shape index (κ1) is 21.1. The lowest BCUT2D eigenvalue weighted by atomic mass is 10.0.